The minimum Gasteiger partial charge on any atom is -0.495 e. The van der Waals surface area contributed by atoms with E-state index in [0.29, 0.717) is 29.9 Å². The number of anilines is 1. The van der Waals surface area contributed by atoms with E-state index in [2.05, 4.69) is 10.3 Å². The first-order valence-electron chi connectivity index (χ1n) is 6.77. The molecule has 0 amide bonds. The summed E-state index contributed by atoms with van der Waals surface area (Å²) >= 11 is 6.04. The highest BCUT2D eigenvalue weighted by Gasteiger charge is 2.02. The van der Waals surface area contributed by atoms with Crippen molar-refractivity contribution in [3.63, 3.8) is 0 Å². The van der Waals surface area contributed by atoms with Crippen LogP contribution in [0, 0.1) is 0 Å². The molecule has 0 radical (unpaired) electrons. The van der Waals surface area contributed by atoms with Crippen molar-refractivity contribution in [2.45, 2.75) is 0 Å². The Morgan fingerprint density at radius 2 is 1.96 bits per heavy atom. The lowest BCUT2D eigenvalue weighted by Gasteiger charge is -2.08. The Hall–Kier alpha value is -1.67. The maximum Gasteiger partial charge on any atom is 0.193 e. The van der Waals surface area contributed by atoms with Crippen molar-refractivity contribution in [3.8, 4) is 11.5 Å². The van der Waals surface area contributed by atoms with Gasteiger partial charge in [-0.1, -0.05) is 29.8 Å². The first-order valence-corrected chi connectivity index (χ1v) is 7.15. The average molecular weight is 448 g/mol. The minimum atomic E-state index is 0. The van der Waals surface area contributed by atoms with Crippen LogP contribution in [0.1, 0.15) is 0 Å². The fraction of sp³-hybridized carbons (Fsp3) is 0.188. The van der Waals surface area contributed by atoms with E-state index in [4.69, 9.17) is 26.8 Å². The molecule has 2 aromatic rings. The summed E-state index contributed by atoms with van der Waals surface area (Å²) in [5, 5.41) is 3.47. The summed E-state index contributed by atoms with van der Waals surface area (Å²) in [6.07, 6.45) is 0. The zero-order valence-electron chi connectivity index (χ0n) is 12.7. The van der Waals surface area contributed by atoms with Crippen LogP contribution in [0.5, 0.6) is 11.5 Å². The first kappa shape index (κ1) is 19.4. The number of rotatable bonds is 6. The number of hydrogen-bond acceptors (Lipinski definition) is 3. The number of benzene rings is 2. The van der Waals surface area contributed by atoms with Crippen molar-refractivity contribution < 1.29 is 9.47 Å². The topological polar surface area (TPSA) is 68.9 Å². The summed E-state index contributed by atoms with van der Waals surface area (Å²) in [6, 6.07) is 14.9. The van der Waals surface area contributed by atoms with Gasteiger partial charge in [-0.15, -0.1) is 24.0 Å². The van der Waals surface area contributed by atoms with E-state index in [1.54, 1.807) is 19.2 Å². The Morgan fingerprint density at radius 1 is 1.22 bits per heavy atom. The van der Waals surface area contributed by atoms with Gasteiger partial charge in [0.05, 0.1) is 18.7 Å². The molecule has 0 saturated heterocycles. The lowest BCUT2D eigenvalue weighted by atomic mass is 10.3. The lowest BCUT2D eigenvalue weighted by Crippen LogP contribution is -2.23. The molecule has 0 aliphatic carbocycles. The quantitative estimate of drug-likeness (QED) is 0.306. The van der Waals surface area contributed by atoms with Crippen LogP contribution in [0.15, 0.2) is 53.5 Å². The number of ether oxygens (including phenoxy) is 2. The second-order valence-electron chi connectivity index (χ2n) is 4.40. The smallest absolute Gasteiger partial charge is 0.193 e. The molecule has 0 fully saturated rings. The van der Waals surface area contributed by atoms with Crippen molar-refractivity contribution in [3.05, 3.63) is 53.6 Å². The number of guanidine groups is 1. The van der Waals surface area contributed by atoms with Gasteiger partial charge in [-0.05, 0) is 30.3 Å². The van der Waals surface area contributed by atoms with Gasteiger partial charge in [0.25, 0.3) is 0 Å². The van der Waals surface area contributed by atoms with Crippen LogP contribution < -0.4 is 20.5 Å². The number of methoxy groups -OCH3 is 1. The van der Waals surface area contributed by atoms with Crippen molar-refractivity contribution in [2.75, 3.05) is 25.6 Å². The fourth-order valence-electron chi connectivity index (χ4n) is 1.78. The standard InChI is InChI=1S/C16H18ClN3O2.HI/c1-21-15-8-7-12(11-14(15)17)20-16(18)19-9-10-22-13-5-3-2-4-6-13;/h2-8,11H,9-10H2,1H3,(H3,18,19,20);1H. The van der Waals surface area contributed by atoms with Crippen molar-refractivity contribution in [1.82, 2.24) is 0 Å². The molecular weight excluding hydrogens is 429 g/mol. The molecule has 5 nitrogen and oxygen atoms in total. The van der Waals surface area contributed by atoms with Crippen molar-refractivity contribution >= 4 is 47.2 Å². The number of nitrogens with one attached hydrogen (secondary N) is 1. The predicted molar refractivity (Wildman–Crippen MR) is 105 cm³/mol. The molecule has 0 aliphatic rings. The highest BCUT2D eigenvalue weighted by Crippen LogP contribution is 2.26. The summed E-state index contributed by atoms with van der Waals surface area (Å²) in [5.74, 6) is 1.73. The lowest BCUT2D eigenvalue weighted by molar-refractivity contribution is 0.329. The molecule has 0 unspecified atom stereocenters. The van der Waals surface area contributed by atoms with E-state index >= 15 is 0 Å². The molecule has 2 rings (SSSR count). The van der Waals surface area contributed by atoms with Gasteiger partial charge in [0.1, 0.15) is 18.1 Å². The van der Waals surface area contributed by atoms with Gasteiger partial charge in [0.15, 0.2) is 5.96 Å². The van der Waals surface area contributed by atoms with Crippen LogP contribution in [0.3, 0.4) is 0 Å². The Morgan fingerprint density at radius 3 is 2.61 bits per heavy atom. The van der Waals surface area contributed by atoms with E-state index in [1.807, 2.05) is 36.4 Å². The van der Waals surface area contributed by atoms with Gasteiger partial charge >= 0.3 is 0 Å². The second-order valence-corrected chi connectivity index (χ2v) is 4.81. The summed E-state index contributed by atoms with van der Waals surface area (Å²) in [4.78, 5) is 4.19. The van der Waals surface area contributed by atoms with Gasteiger partial charge in [-0.3, -0.25) is 0 Å². The van der Waals surface area contributed by atoms with E-state index in [9.17, 15) is 0 Å². The first-order chi connectivity index (χ1) is 10.7. The predicted octanol–water partition coefficient (Wildman–Crippen LogP) is 3.77. The van der Waals surface area contributed by atoms with E-state index in [-0.39, 0.29) is 24.0 Å². The Balaban J connectivity index is 0.00000264. The van der Waals surface area contributed by atoms with Crippen LogP contribution in [0.4, 0.5) is 5.69 Å². The maximum atomic E-state index is 6.04. The monoisotopic (exact) mass is 447 g/mol. The van der Waals surface area contributed by atoms with Gasteiger partial charge in [-0.25, -0.2) is 4.99 Å². The molecular formula is C16H19ClIN3O2. The molecule has 0 bridgehead atoms. The fourth-order valence-corrected chi connectivity index (χ4v) is 2.04. The molecule has 2 aromatic carbocycles. The summed E-state index contributed by atoms with van der Waals surface area (Å²) in [6.45, 7) is 0.910. The van der Waals surface area contributed by atoms with Gasteiger partial charge < -0.3 is 20.5 Å². The molecule has 124 valence electrons. The zero-order chi connectivity index (χ0) is 15.8. The molecule has 0 aromatic heterocycles. The number of para-hydroxylation sites is 1. The average Bonchev–Trinajstić information content (AvgIpc) is 2.53. The van der Waals surface area contributed by atoms with Gasteiger partial charge in [0, 0.05) is 5.69 Å². The highest BCUT2D eigenvalue weighted by atomic mass is 127. The van der Waals surface area contributed by atoms with Crippen LogP contribution in [-0.4, -0.2) is 26.2 Å². The van der Waals surface area contributed by atoms with Crippen molar-refractivity contribution in [2.24, 2.45) is 10.7 Å². The molecule has 3 N–H and O–H groups in total. The number of nitrogens with two attached hydrogens (primary N) is 1. The Labute approximate surface area is 157 Å². The minimum absolute atomic E-state index is 0. The SMILES string of the molecule is COc1ccc(NC(N)=NCCOc2ccccc2)cc1Cl.I. The van der Waals surface area contributed by atoms with Crippen LogP contribution >= 0.6 is 35.6 Å². The number of halogens is 2. The second kappa shape index (κ2) is 10.2. The number of hydrogen-bond donors (Lipinski definition) is 2. The van der Waals surface area contributed by atoms with Crippen molar-refractivity contribution in [1.29, 1.82) is 0 Å². The van der Waals surface area contributed by atoms with Crippen LogP contribution in [0.2, 0.25) is 5.02 Å². The van der Waals surface area contributed by atoms with E-state index < -0.39 is 0 Å². The van der Waals surface area contributed by atoms with E-state index in [0.717, 1.165) is 11.4 Å². The molecule has 23 heavy (non-hydrogen) atoms. The Kier molecular flexibility index (Phi) is 8.57. The molecule has 0 spiro atoms. The molecule has 0 aliphatic heterocycles. The van der Waals surface area contributed by atoms with Crippen LogP contribution in [-0.2, 0) is 0 Å². The zero-order valence-corrected chi connectivity index (χ0v) is 15.7. The third kappa shape index (κ3) is 6.54. The third-order valence-corrected chi connectivity index (χ3v) is 3.10. The molecule has 0 atom stereocenters. The highest BCUT2D eigenvalue weighted by molar-refractivity contribution is 14.0. The van der Waals surface area contributed by atoms with Gasteiger partial charge in [0.2, 0.25) is 0 Å². The molecule has 0 saturated carbocycles. The maximum absolute atomic E-state index is 6.04. The third-order valence-electron chi connectivity index (χ3n) is 2.81. The summed E-state index contributed by atoms with van der Waals surface area (Å²) in [7, 11) is 1.57. The number of nitrogens with zero attached hydrogens (tertiary/aromatic N) is 1. The summed E-state index contributed by atoms with van der Waals surface area (Å²) in [5.41, 5.74) is 6.56. The normalized spacial score (nSPS) is 10.6. The van der Waals surface area contributed by atoms with Crippen LogP contribution in [0.25, 0.3) is 0 Å². The van der Waals surface area contributed by atoms with E-state index in [1.165, 1.54) is 0 Å². The molecule has 7 heteroatoms. The largest absolute Gasteiger partial charge is 0.495 e. The Bertz CT molecular complexity index is 638. The summed E-state index contributed by atoms with van der Waals surface area (Å²) < 4.78 is 10.6. The number of aliphatic imine (C=N–C) groups is 1. The van der Waals surface area contributed by atoms with Gasteiger partial charge in [-0.2, -0.15) is 0 Å². The molecule has 0 heterocycles.